The number of rotatable bonds is 1. The first kappa shape index (κ1) is 8.41. The molecule has 0 saturated carbocycles. The van der Waals surface area contributed by atoms with Crippen LogP contribution in [0.3, 0.4) is 0 Å². The maximum Gasteiger partial charge on any atom is 0.266 e. The van der Waals surface area contributed by atoms with Crippen LogP contribution in [0, 0.1) is 6.20 Å². The van der Waals surface area contributed by atoms with Crippen molar-refractivity contribution in [3.05, 3.63) is 24.5 Å². The van der Waals surface area contributed by atoms with Crippen molar-refractivity contribution >= 4 is 5.69 Å². The van der Waals surface area contributed by atoms with Crippen molar-refractivity contribution in [3.63, 3.8) is 0 Å². The van der Waals surface area contributed by atoms with Crippen molar-refractivity contribution in [1.29, 1.82) is 0 Å². The van der Waals surface area contributed by atoms with Gasteiger partial charge in [0.1, 0.15) is 0 Å². The highest BCUT2D eigenvalue weighted by Crippen LogP contribution is 2.29. The lowest BCUT2D eigenvalue weighted by Gasteiger charge is -2.16. The van der Waals surface area contributed by atoms with E-state index in [-0.39, 0.29) is 13.0 Å². The molecule has 2 heterocycles. The van der Waals surface area contributed by atoms with Gasteiger partial charge in [-0.15, -0.1) is 0 Å². The van der Waals surface area contributed by atoms with Crippen LogP contribution in [0.15, 0.2) is 18.3 Å². The van der Waals surface area contributed by atoms with E-state index in [0.29, 0.717) is 6.54 Å². The summed E-state index contributed by atoms with van der Waals surface area (Å²) in [7, 11) is 0. The van der Waals surface area contributed by atoms with Gasteiger partial charge in [0.05, 0.1) is 24.6 Å². The molecule has 4 heteroatoms. The molecular weight excluding hydrogens is 174 g/mol. The van der Waals surface area contributed by atoms with Crippen LogP contribution in [0.25, 0.3) is 0 Å². The van der Waals surface area contributed by atoms with E-state index in [1.807, 2.05) is 0 Å². The minimum atomic E-state index is -2.54. The molecule has 1 fully saturated rings. The molecule has 69 valence electrons. The van der Waals surface area contributed by atoms with Gasteiger partial charge in [0, 0.05) is 13.0 Å². The summed E-state index contributed by atoms with van der Waals surface area (Å²) in [5.41, 5.74) is 0.746. The normalized spacial score (nSPS) is 20.6. The van der Waals surface area contributed by atoms with Crippen LogP contribution in [-0.4, -0.2) is 24.0 Å². The highest BCUT2D eigenvalue weighted by Gasteiger charge is 2.38. The topological polar surface area (TPSA) is 16.1 Å². The van der Waals surface area contributed by atoms with Gasteiger partial charge < -0.3 is 4.90 Å². The quantitative estimate of drug-likeness (QED) is 0.659. The molecule has 0 amide bonds. The summed E-state index contributed by atoms with van der Waals surface area (Å²) in [6, 6.07) is 3.38. The Morgan fingerprint density at radius 2 is 2.38 bits per heavy atom. The fourth-order valence-corrected chi connectivity index (χ4v) is 1.46. The van der Waals surface area contributed by atoms with E-state index in [2.05, 4.69) is 11.2 Å². The molecule has 1 saturated heterocycles. The molecule has 0 aliphatic carbocycles. The Bertz CT molecular complexity index is 287. The minimum absolute atomic E-state index is 0.0639. The van der Waals surface area contributed by atoms with Gasteiger partial charge in [0.15, 0.2) is 0 Å². The molecule has 13 heavy (non-hydrogen) atoms. The number of anilines is 1. The van der Waals surface area contributed by atoms with Crippen LogP contribution < -0.4 is 4.90 Å². The van der Waals surface area contributed by atoms with E-state index < -0.39 is 5.92 Å². The number of aromatic nitrogens is 1. The lowest BCUT2D eigenvalue weighted by atomic mass is 10.3. The predicted octanol–water partition coefficient (Wildman–Crippen LogP) is 1.73. The fourth-order valence-electron chi connectivity index (χ4n) is 1.46. The highest BCUT2D eigenvalue weighted by molar-refractivity contribution is 5.45. The zero-order valence-corrected chi connectivity index (χ0v) is 7.00. The van der Waals surface area contributed by atoms with Crippen LogP contribution in [0.2, 0.25) is 0 Å². The first-order chi connectivity index (χ1) is 6.17. The zero-order valence-electron chi connectivity index (χ0n) is 7.00. The molecule has 1 aliphatic heterocycles. The average molecular weight is 183 g/mol. The maximum atomic E-state index is 12.8. The van der Waals surface area contributed by atoms with E-state index in [1.54, 1.807) is 23.2 Å². The van der Waals surface area contributed by atoms with E-state index in [1.165, 1.54) is 0 Å². The van der Waals surface area contributed by atoms with Crippen molar-refractivity contribution in [1.82, 2.24) is 4.98 Å². The molecule has 2 rings (SSSR count). The van der Waals surface area contributed by atoms with Crippen molar-refractivity contribution < 1.29 is 8.78 Å². The van der Waals surface area contributed by atoms with Gasteiger partial charge in [-0.2, -0.15) is 0 Å². The van der Waals surface area contributed by atoms with Crippen LogP contribution >= 0.6 is 0 Å². The molecule has 1 radical (unpaired) electrons. The molecule has 0 N–H and O–H groups in total. The van der Waals surface area contributed by atoms with E-state index in [9.17, 15) is 8.78 Å². The number of halogens is 2. The molecule has 1 aromatic heterocycles. The van der Waals surface area contributed by atoms with Gasteiger partial charge in [0.25, 0.3) is 5.92 Å². The Morgan fingerprint density at radius 3 is 2.92 bits per heavy atom. The van der Waals surface area contributed by atoms with Gasteiger partial charge >= 0.3 is 0 Å². The van der Waals surface area contributed by atoms with Crippen molar-refractivity contribution in [2.75, 3.05) is 18.0 Å². The second-order valence-corrected chi connectivity index (χ2v) is 3.17. The molecule has 1 aliphatic rings. The summed E-state index contributed by atoms with van der Waals surface area (Å²) in [6.07, 6.45) is 4.11. The Morgan fingerprint density at radius 1 is 1.54 bits per heavy atom. The van der Waals surface area contributed by atoms with Crippen LogP contribution in [0.1, 0.15) is 6.42 Å². The van der Waals surface area contributed by atoms with Crippen molar-refractivity contribution in [3.8, 4) is 0 Å². The molecule has 2 nitrogen and oxygen atoms in total. The Labute approximate surface area is 75.2 Å². The number of pyridine rings is 1. The molecule has 0 aromatic carbocycles. The lowest BCUT2D eigenvalue weighted by Crippen LogP contribution is -2.24. The summed E-state index contributed by atoms with van der Waals surface area (Å²) in [6.45, 7) is 0.206. The van der Waals surface area contributed by atoms with Crippen LogP contribution in [0.5, 0.6) is 0 Å². The number of alkyl halides is 2. The standard InChI is InChI=1S/C9H9F2N2/c10-9(11)3-5-13(7-9)8-2-1-4-12-6-8/h1-2,6H,3,5,7H2. The predicted molar refractivity (Wildman–Crippen MR) is 44.9 cm³/mol. The maximum absolute atomic E-state index is 12.8. The Hall–Kier alpha value is -1.19. The van der Waals surface area contributed by atoms with E-state index in [0.717, 1.165) is 5.69 Å². The summed E-state index contributed by atoms with van der Waals surface area (Å²) in [5, 5.41) is 0. The second kappa shape index (κ2) is 2.94. The SMILES string of the molecule is FC1(F)CCN(c2cc[c]nc2)C1. The highest BCUT2D eigenvalue weighted by atomic mass is 19.3. The molecular formula is C9H9F2N2. The van der Waals surface area contributed by atoms with Crippen molar-refractivity contribution in [2.24, 2.45) is 0 Å². The molecule has 0 atom stereocenters. The first-order valence-electron chi connectivity index (χ1n) is 4.12. The third-order valence-corrected chi connectivity index (χ3v) is 2.13. The summed E-state index contributed by atoms with van der Waals surface area (Å²) < 4.78 is 25.6. The monoisotopic (exact) mass is 183 g/mol. The van der Waals surface area contributed by atoms with Gasteiger partial charge in [-0.05, 0) is 12.1 Å². The third-order valence-electron chi connectivity index (χ3n) is 2.13. The smallest absolute Gasteiger partial charge is 0.266 e. The van der Waals surface area contributed by atoms with Gasteiger partial charge in [-0.25, -0.2) is 8.78 Å². The van der Waals surface area contributed by atoms with Gasteiger partial charge in [-0.3, -0.25) is 4.98 Å². The third kappa shape index (κ3) is 1.76. The molecule has 0 bridgehead atoms. The molecule has 0 spiro atoms. The number of hydrogen-bond acceptors (Lipinski definition) is 2. The van der Waals surface area contributed by atoms with E-state index in [4.69, 9.17) is 0 Å². The average Bonchev–Trinajstić information content (AvgIpc) is 2.48. The van der Waals surface area contributed by atoms with Crippen LogP contribution in [0.4, 0.5) is 14.5 Å². The largest absolute Gasteiger partial charge is 0.364 e. The minimum Gasteiger partial charge on any atom is -0.364 e. The Balaban J connectivity index is 2.13. The van der Waals surface area contributed by atoms with Gasteiger partial charge in [-0.1, -0.05) is 0 Å². The first-order valence-corrected chi connectivity index (χ1v) is 4.12. The van der Waals surface area contributed by atoms with Gasteiger partial charge in [0.2, 0.25) is 0 Å². The summed E-state index contributed by atoms with van der Waals surface area (Å²) in [5.74, 6) is -2.54. The summed E-state index contributed by atoms with van der Waals surface area (Å²) in [4.78, 5) is 5.41. The van der Waals surface area contributed by atoms with Crippen molar-refractivity contribution in [2.45, 2.75) is 12.3 Å². The zero-order chi connectivity index (χ0) is 9.31. The van der Waals surface area contributed by atoms with Crippen LogP contribution in [-0.2, 0) is 0 Å². The number of hydrogen-bond donors (Lipinski definition) is 0. The second-order valence-electron chi connectivity index (χ2n) is 3.17. The Kier molecular flexibility index (Phi) is 1.90. The lowest BCUT2D eigenvalue weighted by molar-refractivity contribution is 0.0257. The van der Waals surface area contributed by atoms with E-state index >= 15 is 0 Å². The molecule has 0 unspecified atom stereocenters. The summed E-state index contributed by atoms with van der Waals surface area (Å²) >= 11 is 0. The fraction of sp³-hybridized carbons (Fsp3) is 0.444. The number of nitrogens with zero attached hydrogens (tertiary/aromatic N) is 2. The molecule has 1 aromatic rings.